The number of rotatable bonds is 17. The van der Waals surface area contributed by atoms with Crippen LogP contribution in [0.1, 0.15) is 148 Å². The molecule has 6 aromatic carbocycles. The Morgan fingerprint density at radius 3 is 1.00 bits per heavy atom. The number of hydrogen-bond donors (Lipinski definition) is 5. The molecule has 6 spiro atoms. The van der Waals surface area contributed by atoms with Crippen LogP contribution >= 0.6 is 11.8 Å². The van der Waals surface area contributed by atoms with Crippen molar-refractivity contribution in [3.8, 4) is 17.2 Å². The predicted molar refractivity (Wildman–Crippen MR) is 506 cm³/mol. The van der Waals surface area contributed by atoms with Crippen molar-refractivity contribution in [3.05, 3.63) is 168 Å². The Labute approximate surface area is 798 Å². The Morgan fingerprint density at radius 1 is 0.370 bits per heavy atom. The van der Waals surface area contributed by atoms with Crippen molar-refractivity contribution in [2.75, 3.05) is 185 Å². The second kappa shape index (κ2) is 44.4. The van der Waals surface area contributed by atoms with Gasteiger partial charge in [0.15, 0.2) is 11.6 Å². The first kappa shape index (κ1) is 105. The van der Waals surface area contributed by atoms with Gasteiger partial charge in [-0.15, -0.1) is 11.8 Å². The highest BCUT2D eigenvalue weighted by Gasteiger charge is 2.56. The Hall–Kier alpha value is -7.74. The van der Waals surface area contributed by atoms with Crippen molar-refractivity contribution in [2.24, 2.45) is 0 Å². The van der Waals surface area contributed by atoms with Crippen LogP contribution < -0.4 is 35.5 Å². The highest BCUT2D eigenvalue weighted by atomic mass is 32.2. The number of nitrogens with zero attached hydrogens (tertiary/aromatic N) is 8. The Bertz CT molecular complexity index is 5510. The molecule has 36 nitrogen and oxygen atoms in total. The lowest BCUT2D eigenvalue weighted by Crippen LogP contribution is -2.56. The summed E-state index contributed by atoms with van der Waals surface area (Å²) >= 11 is 1.79. The molecule has 12 aliphatic rings. The molecular formula is C93H130N12O24S6. The molecule has 742 valence electrons. The Morgan fingerprint density at radius 2 is 0.659 bits per heavy atom. The molecule has 12 heterocycles. The van der Waals surface area contributed by atoms with Gasteiger partial charge < -0.3 is 83.7 Å². The number of sulfonamides is 5. The predicted octanol–water partition coefficient (Wildman–Crippen LogP) is 7.80. The van der Waals surface area contributed by atoms with Gasteiger partial charge in [0.2, 0.25) is 50.1 Å². The van der Waals surface area contributed by atoms with Crippen LogP contribution in [0.5, 0.6) is 17.2 Å². The zero-order chi connectivity index (χ0) is 96.9. The topological polar surface area (TPSA) is 416 Å². The van der Waals surface area contributed by atoms with Crippen molar-refractivity contribution in [1.29, 1.82) is 0 Å². The summed E-state index contributed by atoms with van der Waals surface area (Å²) in [5, 5.41) is 22.2. The molecule has 135 heavy (non-hydrogen) atoms. The van der Waals surface area contributed by atoms with E-state index < -0.39 is 90.4 Å². The average molecular weight is 1990 g/mol. The number of aliphatic hydroxyl groups excluding tert-OH is 1. The molecule has 0 saturated carbocycles. The van der Waals surface area contributed by atoms with Crippen LogP contribution in [0.25, 0.3) is 0 Å². The molecule has 6 aromatic rings. The molecule has 0 aliphatic carbocycles. The van der Waals surface area contributed by atoms with Crippen LogP contribution in [0.2, 0.25) is 0 Å². The second-order valence-corrected chi connectivity index (χ2v) is 46.7. The van der Waals surface area contributed by atoms with E-state index >= 15 is 0 Å². The van der Waals surface area contributed by atoms with Crippen LogP contribution in [-0.4, -0.2) is 331 Å². The number of ether oxygens (including phenoxy) is 9. The Kier molecular flexibility index (Phi) is 34.4. The molecule has 0 bridgehead atoms. The first-order valence-corrected chi connectivity index (χ1v) is 54.1. The number of ketones is 2. The molecule has 18 rings (SSSR count). The number of nitrogens with one attached hydrogen (secondary N) is 4. The van der Waals surface area contributed by atoms with Gasteiger partial charge in [0, 0.05) is 152 Å². The summed E-state index contributed by atoms with van der Waals surface area (Å²) in [6.45, 7) is 22.2. The fourth-order valence-electron chi connectivity index (χ4n) is 19.1. The molecule has 5 N–H and O–H groups in total. The fourth-order valence-corrected chi connectivity index (χ4v) is 29.6. The molecule has 12 saturated heterocycles. The lowest BCUT2D eigenvalue weighted by Gasteiger charge is -2.42. The minimum atomic E-state index is -3.75. The van der Waals surface area contributed by atoms with Crippen LogP contribution in [-0.2, 0) is 85.1 Å². The van der Waals surface area contributed by atoms with Gasteiger partial charge in [-0.05, 0) is 222 Å². The zero-order valence-corrected chi connectivity index (χ0v) is 83.3. The standard InChI is InChI=1S/C19H28N2O6S.C16H20N2O3.C15H22N2O4S.C15H20N2O4S.C14H20N2O4S.C14H20N2O3S2/c1-18(2,3)27-17(23)20-10-8-19(9-11-20)21(12-13-26-19)28(24,25)16-6-4-15(14-22)5-7-16;1-12(19)13-2-4-14(5-3-13)15(20)18-10-11-21-16(18)6-8-17-9-7-16;1-16-9-7-15(8-10-16)17(11-12-21-15)22(18,19)14-5-3-13(20-2)4-6-14;1-12(18)13-2-4-14(5-3-13)22(19,20)17-10-11-21-15(17)6-8-16-9-7-15;2*1-19-12-2-4-13(5-3-12)21(17,18)16-10-11-20-14(16)6-8-15-9-7-14/h4-7,22H,8-14H2,1-3H3;2-5,17H,6-11H2,1H3;3-6H,7-12H2,1-2H3;2-5,16H,6-11H2,1H3;2*2-5,15H,6-11H2,1H3. The van der Waals surface area contributed by atoms with E-state index in [1.54, 1.807) is 168 Å². The number of thioether (sulfide) groups is 1. The van der Waals surface area contributed by atoms with Crippen molar-refractivity contribution in [2.45, 2.75) is 182 Å². The van der Waals surface area contributed by atoms with Crippen molar-refractivity contribution < 1.29 is 109 Å². The number of carbonyl (C=O) groups is 4. The van der Waals surface area contributed by atoms with Crippen molar-refractivity contribution >= 4 is 85.4 Å². The number of methoxy groups -OCH3 is 3. The van der Waals surface area contributed by atoms with Gasteiger partial charge in [0.25, 0.3) is 5.91 Å². The first-order chi connectivity index (χ1) is 64.3. The minimum absolute atomic E-state index is 0.00771. The smallest absolute Gasteiger partial charge is 0.410 e. The summed E-state index contributed by atoms with van der Waals surface area (Å²) in [5.41, 5.74) is -1.63. The van der Waals surface area contributed by atoms with E-state index in [-0.39, 0.29) is 55.1 Å². The molecular weight excluding hydrogens is 1860 g/mol. The summed E-state index contributed by atoms with van der Waals surface area (Å²) in [5.74, 6) is 2.74. The minimum Gasteiger partial charge on any atom is -0.497 e. The largest absolute Gasteiger partial charge is 0.497 e. The molecule has 2 amide bonds. The molecule has 0 aromatic heterocycles. The maximum atomic E-state index is 13.2. The third-order valence-corrected chi connectivity index (χ3v) is 38.1. The molecule has 12 fully saturated rings. The maximum Gasteiger partial charge on any atom is 0.410 e. The summed E-state index contributed by atoms with van der Waals surface area (Å²) < 4.78 is 188. The van der Waals surface area contributed by atoms with Gasteiger partial charge in [-0.2, -0.15) is 21.5 Å². The molecule has 42 heteroatoms. The summed E-state index contributed by atoms with van der Waals surface area (Å²) in [7, 11) is -11.2. The number of benzene rings is 6. The number of amides is 2. The van der Waals surface area contributed by atoms with E-state index in [0.29, 0.717) is 175 Å². The monoisotopic (exact) mass is 1990 g/mol. The quantitative estimate of drug-likeness (QED) is 0.0543. The third-order valence-electron chi connectivity index (χ3n) is 26.5. The van der Waals surface area contributed by atoms with E-state index in [0.717, 1.165) is 96.9 Å². The fraction of sp³-hybridized carbons (Fsp3) is 0.570. The number of aliphatic hydroxyl groups is 1. The maximum absolute atomic E-state index is 13.2. The number of piperidine rings is 6. The Balaban J connectivity index is 0.000000138. The van der Waals surface area contributed by atoms with Crippen LogP contribution in [0.4, 0.5) is 4.79 Å². The first-order valence-electron chi connectivity index (χ1n) is 45.9. The van der Waals surface area contributed by atoms with Crippen molar-refractivity contribution in [1.82, 2.24) is 57.5 Å². The van der Waals surface area contributed by atoms with Crippen LogP contribution in [0.15, 0.2) is 170 Å². The summed E-state index contributed by atoms with van der Waals surface area (Å²) in [6.07, 6.45) is 7.85. The number of Topliss-reactive ketones (excluding diaryl/α,β-unsaturated/α-hetero) is 2. The highest BCUT2D eigenvalue weighted by molar-refractivity contribution is 8.02. The zero-order valence-electron chi connectivity index (χ0n) is 78.4. The van der Waals surface area contributed by atoms with Crippen LogP contribution in [0, 0.1) is 0 Å². The van der Waals surface area contributed by atoms with Gasteiger partial charge in [-0.3, -0.25) is 14.4 Å². The SMILES string of the molecule is CC(=O)c1ccc(C(=O)N2CCOC23CCNCC3)cc1.CC(=O)c1ccc(S(=O)(=O)N2CCOC23CCNCC3)cc1.CC(C)(C)OC(=O)N1CCC2(CC1)OCCN2S(=O)(=O)c1ccc(CO)cc1.COc1ccc(S(=O)(=O)N2CCOC23CCN(C)CC3)cc1.COc1ccc(S(=O)(=O)N2CCOC23CCNCC3)cc1.COc1ccc(S(=O)(=O)N2CCSC23CCNCC3)cc1. The van der Waals surface area contributed by atoms with Gasteiger partial charge in [-0.25, -0.2) is 46.9 Å². The molecule has 12 aliphatic heterocycles. The third kappa shape index (κ3) is 23.6. The van der Waals surface area contributed by atoms with Crippen LogP contribution in [0.3, 0.4) is 0 Å². The van der Waals surface area contributed by atoms with E-state index in [1.165, 1.54) is 51.0 Å². The molecule has 0 radical (unpaired) electrons. The van der Waals surface area contributed by atoms with E-state index in [4.69, 9.17) is 47.7 Å². The second-order valence-electron chi connectivity index (χ2n) is 35.9. The summed E-state index contributed by atoms with van der Waals surface area (Å²) in [4.78, 5) is 54.3. The number of hydrogen-bond acceptors (Lipinski definition) is 30. The number of carbonyl (C=O) groups excluding carboxylic acids is 4. The van der Waals surface area contributed by atoms with E-state index in [2.05, 4.69) is 26.2 Å². The number of likely N-dealkylation sites (tertiary alicyclic amines) is 2. The van der Waals surface area contributed by atoms with Gasteiger partial charge in [0.1, 0.15) is 51.5 Å². The normalized spacial score (nSPS) is 21.8. The molecule has 0 atom stereocenters. The van der Waals surface area contributed by atoms with Gasteiger partial charge >= 0.3 is 6.09 Å². The van der Waals surface area contributed by atoms with Gasteiger partial charge in [-0.1, -0.05) is 36.4 Å². The lowest BCUT2D eigenvalue weighted by molar-refractivity contribution is -0.0908. The average Bonchev–Trinajstić information content (AvgIpc) is 1.66. The lowest BCUT2D eigenvalue weighted by atomic mass is 9.99. The molecule has 0 unspecified atom stereocenters. The van der Waals surface area contributed by atoms with Crippen molar-refractivity contribution in [3.63, 3.8) is 0 Å². The van der Waals surface area contributed by atoms with E-state index in [9.17, 15) is 61.3 Å². The highest BCUT2D eigenvalue weighted by Crippen LogP contribution is 2.47. The van der Waals surface area contributed by atoms with Gasteiger partial charge in [0.05, 0.1) is 90.3 Å². The van der Waals surface area contributed by atoms with E-state index in [1.807, 2.05) is 32.7 Å². The summed E-state index contributed by atoms with van der Waals surface area (Å²) in [6, 6.07) is 38.9.